The van der Waals surface area contributed by atoms with E-state index < -0.39 is 5.97 Å². The van der Waals surface area contributed by atoms with E-state index in [4.69, 9.17) is 5.11 Å². The maximum absolute atomic E-state index is 10.1. The summed E-state index contributed by atoms with van der Waals surface area (Å²) in [5, 5.41) is 11.2. The average Bonchev–Trinajstić information content (AvgIpc) is 2.09. The molecule has 0 rings (SSSR count). The maximum Gasteiger partial charge on any atom is 0.317 e. The van der Waals surface area contributed by atoms with Crippen molar-refractivity contribution in [3.05, 3.63) is 0 Å². The molecule has 13 heavy (non-hydrogen) atoms. The Balaban J connectivity index is 2.87. The first-order chi connectivity index (χ1) is 6.27. The number of unbranched alkanes of at least 4 members (excludes halogenated alkanes) is 5. The van der Waals surface area contributed by atoms with Crippen molar-refractivity contribution in [2.45, 2.75) is 45.4 Å². The zero-order valence-corrected chi connectivity index (χ0v) is 8.51. The zero-order valence-electron chi connectivity index (χ0n) is 8.51. The Morgan fingerprint density at radius 3 is 2.38 bits per heavy atom. The van der Waals surface area contributed by atoms with Gasteiger partial charge in [-0.25, -0.2) is 0 Å². The maximum atomic E-state index is 10.1. The van der Waals surface area contributed by atoms with Crippen LogP contribution in [0.4, 0.5) is 0 Å². The quantitative estimate of drug-likeness (QED) is 0.543. The van der Waals surface area contributed by atoms with Crippen molar-refractivity contribution in [2.75, 3.05) is 13.1 Å². The van der Waals surface area contributed by atoms with Crippen LogP contribution in [0, 0.1) is 0 Å². The van der Waals surface area contributed by atoms with Gasteiger partial charge in [-0.3, -0.25) is 4.79 Å². The fourth-order valence-corrected chi connectivity index (χ4v) is 1.23. The molecule has 3 heteroatoms. The third-order valence-corrected chi connectivity index (χ3v) is 1.98. The van der Waals surface area contributed by atoms with Crippen LogP contribution in [0.2, 0.25) is 0 Å². The predicted molar refractivity (Wildman–Crippen MR) is 53.9 cm³/mol. The van der Waals surface area contributed by atoms with Crippen molar-refractivity contribution in [3.8, 4) is 0 Å². The standard InChI is InChI=1S/C10H21NO2/c1-2-3-4-5-6-7-8-11-9-10(12)13/h11H,2-9H2,1H3,(H,12,13). The molecule has 78 valence electrons. The lowest BCUT2D eigenvalue weighted by Gasteiger charge is -2.01. The summed E-state index contributed by atoms with van der Waals surface area (Å²) in [5.74, 6) is -0.772. The van der Waals surface area contributed by atoms with Crippen molar-refractivity contribution >= 4 is 5.97 Å². The molecule has 0 fully saturated rings. The van der Waals surface area contributed by atoms with Gasteiger partial charge in [-0.05, 0) is 13.0 Å². The van der Waals surface area contributed by atoms with Crippen LogP contribution < -0.4 is 5.32 Å². The molecular weight excluding hydrogens is 166 g/mol. The highest BCUT2D eigenvalue weighted by Gasteiger charge is 1.94. The van der Waals surface area contributed by atoms with Crippen LogP contribution in [0.5, 0.6) is 0 Å². The van der Waals surface area contributed by atoms with Crippen LogP contribution in [0.1, 0.15) is 45.4 Å². The minimum atomic E-state index is -0.772. The van der Waals surface area contributed by atoms with Crippen LogP contribution in [-0.4, -0.2) is 24.2 Å². The molecule has 3 nitrogen and oxygen atoms in total. The number of carboxylic acids is 1. The van der Waals surface area contributed by atoms with Gasteiger partial charge in [0.15, 0.2) is 0 Å². The van der Waals surface area contributed by atoms with Gasteiger partial charge >= 0.3 is 5.97 Å². The van der Waals surface area contributed by atoms with Gasteiger partial charge in [0.05, 0.1) is 6.54 Å². The summed E-state index contributed by atoms with van der Waals surface area (Å²) in [7, 11) is 0. The first kappa shape index (κ1) is 12.4. The van der Waals surface area contributed by atoms with Gasteiger partial charge in [0.25, 0.3) is 0 Å². The molecule has 0 aromatic heterocycles. The van der Waals surface area contributed by atoms with Gasteiger partial charge in [-0.2, -0.15) is 0 Å². The summed E-state index contributed by atoms with van der Waals surface area (Å²) in [4.78, 5) is 10.1. The summed E-state index contributed by atoms with van der Waals surface area (Å²) in [6.07, 6.45) is 7.50. The number of rotatable bonds is 9. The number of hydrogen-bond donors (Lipinski definition) is 2. The first-order valence-electron chi connectivity index (χ1n) is 5.20. The Labute approximate surface area is 80.5 Å². The van der Waals surface area contributed by atoms with Gasteiger partial charge in [0.2, 0.25) is 0 Å². The van der Waals surface area contributed by atoms with Crippen molar-refractivity contribution in [1.82, 2.24) is 5.32 Å². The van der Waals surface area contributed by atoms with E-state index in [0.717, 1.165) is 13.0 Å². The summed E-state index contributed by atoms with van der Waals surface area (Å²) in [6.45, 7) is 3.13. The molecule has 0 aromatic carbocycles. The molecular formula is C10H21NO2. The van der Waals surface area contributed by atoms with Gasteiger partial charge in [-0.15, -0.1) is 0 Å². The van der Waals surface area contributed by atoms with E-state index in [1.54, 1.807) is 0 Å². The van der Waals surface area contributed by atoms with Crippen molar-refractivity contribution in [2.24, 2.45) is 0 Å². The second-order valence-corrected chi connectivity index (χ2v) is 3.34. The third-order valence-electron chi connectivity index (χ3n) is 1.98. The topological polar surface area (TPSA) is 49.3 Å². The Kier molecular flexibility index (Phi) is 9.10. The molecule has 0 radical (unpaired) electrons. The number of carbonyl (C=O) groups is 1. The van der Waals surface area contributed by atoms with E-state index in [1.165, 1.54) is 32.1 Å². The van der Waals surface area contributed by atoms with E-state index in [1.807, 2.05) is 0 Å². The van der Waals surface area contributed by atoms with Gasteiger partial charge in [0.1, 0.15) is 0 Å². The van der Waals surface area contributed by atoms with Gasteiger partial charge < -0.3 is 10.4 Å². The highest BCUT2D eigenvalue weighted by atomic mass is 16.4. The van der Waals surface area contributed by atoms with E-state index in [-0.39, 0.29) is 6.54 Å². The molecule has 0 heterocycles. The highest BCUT2D eigenvalue weighted by Crippen LogP contribution is 2.03. The summed E-state index contributed by atoms with van der Waals surface area (Å²) < 4.78 is 0. The van der Waals surface area contributed by atoms with Gasteiger partial charge in [-0.1, -0.05) is 39.0 Å². The monoisotopic (exact) mass is 187 g/mol. The van der Waals surface area contributed by atoms with Crippen LogP contribution >= 0.6 is 0 Å². The summed E-state index contributed by atoms with van der Waals surface area (Å²) in [6, 6.07) is 0. The predicted octanol–water partition coefficient (Wildman–Crippen LogP) is 2.02. The molecule has 0 aromatic rings. The lowest BCUT2D eigenvalue weighted by atomic mass is 10.1. The van der Waals surface area contributed by atoms with Crippen molar-refractivity contribution in [3.63, 3.8) is 0 Å². The fraction of sp³-hybridized carbons (Fsp3) is 0.900. The molecule has 0 unspecified atom stereocenters. The molecule has 0 aliphatic heterocycles. The number of aliphatic carboxylic acids is 1. The molecule has 0 bridgehead atoms. The average molecular weight is 187 g/mol. The lowest BCUT2D eigenvalue weighted by molar-refractivity contribution is -0.135. The molecule has 0 spiro atoms. The minimum absolute atomic E-state index is 0.0922. The molecule has 0 aliphatic carbocycles. The van der Waals surface area contributed by atoms with Crippen LogP contribution in [0.25, 0.3) is 0 Å². The second-order valence-electron chi connectivity index (χ2n) is 3.34. The SMILES string of the molecule is CCCCCCCCNCC(=O)O. The Morgan fingerprint density at radius 1 is 1.15 bits per heavy atom. The number of nitrogens with one attached hydrogen (secondary N) is 1. The molecule has 0 saturated carbocycles. The minimum Gasteiger partial charge on any atom is -0.480 e. The first-order valence-corrected chi connectivity index (χ1v) is 5.20. The summed E-state index contributed by atoms with van der Waals surface area (Å²) in [5.41, 5.74) is 0. The van der Waals surface area contributed by atoms with E-state index in [0.29, 0.717) is 0 Å². The van der Waals surface area contributed by atoms with Gasteiger partial charge in [0, 0.05) is 0 Å². The normalized spacial score (nSPS) is 10.2. The third kappa shape index (κ3) is 11.4. The zero-order chi connectivity index (χ0) is 9.94. The van der Waals surface area contributed by atoms with E-state index in [2.05, 4.69) is 12.2 Å². The molecule has 2 N–H and O–H groups in total. The van der Waals surface area contributed by atoms with E-state index in [9.17, 15) is 4.79 Å². The Hall–Kier alpha value is -0.570. The number of carboxylic acid groups (broad SMARTS) is 1. The van der Waals surface area contributed by atoms with Crippen LogP contribution in [0.3, 0.4) is 0 Å². The highest BCUT2D eigenvalue weighted by molar-refractivity contribution is 5.68. The smallest absolute Gasteiger partial charge is 0.317 e. The van der Waals surface area contributed by atoms with Crippen LogP contribution in [0.15, 0.2) is 0 Å². The molecule has 0 saturated heterocycles. The summed E-state index contributed by atoms with van der Waals surface area (Å²) >= 11 is 0. The number of hydrogen-bond acceptors (Lipinski definition) is 2. The Morgan fingerprint density at radius 2 is 1.77 bits per heavy atom. The molecule has 0 atom stereocenters. The lowest BCUT2D eigenvalue weighted by Crippen LogP contribution is -2.23. The molecule has 0 amide bonds. The fourth-order valence-electron chi connectivity index (χ4n) is 1.23. The largest absolute Gasteiger partial charge is 0.480 e. The second kappa shape index (κ2) is 9.52. The van der Waals surface area contributed by atoms with Crippen molar-refractivity contribution in [1.29, 1.82) is 0 Å². The molecule has 0 aliphatic rings. The Bertz CT molecular complexity index is 126. The van der Waals surface area contributed by atoms with Crippen LogP contribution in [-0.2, 0) is 4.79 Å². The van der Waals surface area contributed by atoms with Crippen molar-refractivity contribution < 1.29 is 9.90 Å². The van der Waals surface area contributed by atoms with E-state index >= 15 is 0 Å².